The highest BCUT2D eigenvalue weighted by Gasteiger charge is 2.27. The average molecular weight is 264 g/mol. The topological polar surface area (TPSA) is 34.9 Å². The van der Waals surface area contributed by atoms with Gasteiger partial charge in [0.05, 0.1) is 5.39 Å². The Morgan fingerprint density at radius 2 is 2.29 bits per heavy atom. The van der Waals surface area contributed by atoms with Gasteiger partial charge in [-0.25, -0.2) is 4.98 Å². The van der Waals surface area contributed by atoms with Gasteiger partial charge in [-0.05, 0) is 24.8 Å². The third-order valence-electron chi connectivity index (χ3n) is 3.54. The van der Waals surface area contributed by atoms with Crippen molar-refractivity contribution < 1.29 is 0 Å². The van der Waals surface area contributed by atoms with Crippen LogP contribution in [0, 0.1) is 0 Å². The van der Waals surface area contributed by atoms with Gasteiger partial charge in [0.15, 0.2) is 5.16 Å². The van der Waals surface area contributed by atoms with Gasteiger partial charge >= 0.3 is 0 Å². The molecule has 0 radical (unpaired) electrons. The minimum atomic E-state index is 0.196. The standard InChI is InChI=1S/C12H12N2OS2/c1-6-5-14-11(15)9-7-3-2-4-8(7)17-10(9)13-12(14)16-6/h6H,2-5H2,1H3/t6-/m0/s1. The smallest absolute Gasteiger partial charge is 0.263 e. The van der Waals surface area contributed by atoms with E-state index in [0.717, 1.165) is 34.8 Å². The summed E-state index contributed by atoms with van der Waals surface area (Å²) >= 11 is 3.45. The van der Waals surface area contributed by atoms with Gasteiger partial charge in [0.2, 0.25) is 0 Å². The molecule has 0 saturated heterocycles. The van der Waals surface area contributed by atoms with Crippen molar-refractivity contribution >= 4 is 33.3 Å². The van der Waals surface area contributed by atoms with Crippen LogP contribution in [0.15, 0.2) is 9.95 Å². The first kappa shape index (κ1) is 10.1. The molecular weight excluding hydrogens is 252 g/mol. The van der Waals surface area contributed by atoms with Crippen LogP contribution in [0.4, 0.5) is 0 Å². The van der Waals surface area contributed by atoms with Crippen molar-refractivity contribution in [1.29, 1.82) is 0 Å². The van der Waals surface area contributed by atoms with Gasteiger partial charge in [-0.2, -0.15) is 0 Å². The molecule has 3 nitrogen and oxygen atoms in total. The predicted octanol–water partition coefficient (Wildman–Crippen LogP) is 2.44. The number of hydrogen-bond acceptors (Lipinski definition) is 4. The van der Waals surface area contributed by atoms with Crippen LogP contribution >= 0.6 is 23.1 Å². The van der Waals surface area contributed by atoms with Gasteiger partial charge in [0, 0.05) is 16.7 Å². The summed E-state index contributed by atoms with van der Waals surface area (Å²) in [4.78, 5) is 19.5. The van der Waals surface area contributed by atoms with Crippen LogP contribution in [0.2, 0.25) is 0 Å². The highest BCUT2D eigenvalue weighted by molar-refractivity contribution is 7.99. The Kier molecular flexibility index (Phi) is 2.00. The summed E-state index contributed by atoms with van der Waals surface area (Å²) in [5.74, 6) is 0. The van der Waals surface area contributed by atoms with Crippen LogP contribution in [-0.2, 0) is 19.4 Å². The van der Waals surface area contributed by atoms with E-state index < -0.39 is 0 Å². The van der Waals surface area contributed by atoms with Gasteiger partial charge in [-0.15, -0.1) is 11.3 Å². The summed E-state index contributed by atoms with van der Waals surface area (Å²) < 4.78 is 1.86. The fourth-order valence-corrected chi connectivity index (χ4v) is 5.11. The monoisotopic (exact) mass is 264 g/mol. The maximum absolute atomic E-state index is 12.5. The first-order valence-electron chi connectivity index (χ1n) is 5.96. The van der Waals surface area contributed by atoms with E-state index in [0.29, 0.717) is 5.25 Å². The highest BCUT2D eigenvalue weighted by atomic mass is 32.2. The Bertz CT molecular complexity index is 686. The van der Waals surface area contributed by atoms with Gasteiger partial charge in [-0.3, -0.25) is 9.36 Å². The van der Waals surface area contributed by atoms with Crippen molar-refractivity contribution in [2.75, 3.05) is 0 Å². The SMILES string of the molecule is C[C@H]1Cn2c(nc3sc4c(c3c2=O)CCC4)S1. The molecule has 5 heteroatoms. The molecular formula is C12H12N2OS2. The van der Waals surface area contributed by atoms with Crippen LogP contribution in [-0.4, -0.2) is 14.8 Å². The van der Waals surface area contributed by atoms with Gasteiger partial charge < -0.3 is 0 Å². The molecule has 17 heavy (non-hydrogen) atoms. The molecule has 1 aliphatic carbocycles. The molecule has 0 aromatic carbocycles. The average Bonchev–Trinajstić information content (AvgIpc) is 2.90. The lowest BCUT2D eigenvalue weighted by molar-refractivity contribution is 0.629. The zero-order valence-electron chi connectivity index (χ0n) is 9.52. The second-order valence-electron chi connectivity index (χ2n) is 4.78. The fourth-order valence-electron chi connectivity index (χ4n) is 2.78. The Morgan fingerprint density at radius 3 is 3.18 bits per heavy atom. The molecule has 88 valence electrons. The third-order valence-corrected chi connectivity index (χ3v) is 5.80. The third kappa shape index (κ3) is 1.29. The predicted molar refractivity (Wildman–Crippen MR) is 71.2 cm³/mol. The zero-order chi connectivity index (χ0) is 11.6. The van der Waals surface area contributed by atoms with Crippen LogP contribution in [0.1, 0.15) is 23.8 Å². The number of aryl methyl sites for hydroxylation is 2. The molecule has 0 unspecified atom stereocenters. The van der Waals surface area contributed by atoms with Crippen molar-refractivity contribution in [3.05, 3.63) is 20.8 Å². The lowest BCUT2D eigenvalue weighted by atomic mass is 10.2. The molecule has 1 atom stereocenters. The van der Waals surface area contributed by atoms with Gasteiger partial charge in [0.1, 0.15) is 4.83 Å². The lowest BCUT2D eigenvalue weighted by Crippen LogP contribution is -2.21. The molecule has 0 fully saturated rings. The lowest BCUT2D eigenvalue weighted by Gasteiger charge is -2.01. The molecule has 3 heterocycles. The maximum atomic E-state index is 12.5. The number of aromatic nitrogens is 2. The Hall–Kier alpha value is -0.810. The molecule has 2 aromatic rings. The Morgan fingerprint density at radius 1 is 1.41 bits per heavy atom. The van der Waals surface area contributed by atoms with Crippen molar-refractivity contribution in [3.63, 3.8) is 0 Å². The summed E-state index contributed by atoms with van der Waals surface area (Å²) in [5, 5.41) is 2.30. The van der Waals surface area contributed by atoms with E-state index in [1.807, 2.05) is 4.57 Å². The minimum Gasteiger partial charge on any atom is -0.286 e. The molecule has 4 rings (SSSR count). The highest BCUT2D eigenvalue weighted by Crippen LogP contribution is 2.37. The second-order valence-corrected chi connectivity index (χ2v) is 7.27. The van der Waals surface area contributed by atoms with E-state index in [4.69, 9.17) is 0 Å². The summed E-state index contributed by atoms with van der Waals surface area (Å²) in [7, 11) is 0. The maximum Gasteiger partial charge on any atom is 0.263 e. The molecule has 0 saturated carbocycles. The van der Waals surface area contributed by atoms with Crippen molar-refractivity contribution in [2.24, 2.45) is 0 Å². The van der Waals surface area contributed by atoms with Crippen molar-refractivity contribution in [2.45, 2.75) is 43.1 Å². The minimum absolute atomic E-state index is 0.196. The first-order chi connectivity index (χ1) is 8.24. The molecule has 0 spiro atoms. The molecule has 2 aliphatic rings. The van der Waals surface area contributed by atoms with E-state index in [1.165, 1.54) is 16.9 Å². The van der Waals surface area contributed by atoms with Crippen molar-refractivity contribution in [3.8, 4) is 0 Å². The van der Waals surface area contributed by atoms with Gasteiger partial charge in [0.25, 0.3) is 5.56 Å². The number of fused-ring (bicyclic) bond motifs is 4. The van der Waals surface area contributed by atoms with Crippen LogP contribution < -0.4 is 5.56 Å². The normalized spacial score (nSPS) is 22.1. The summed E-state index contributed by atoms with van der Waals surface area (Å²) in [6, 6.07) is 0. The van der Waals surface area contributed by atoms with E-state index in [2.05, 4.69) is 11.9 Å². The zero-order valence-corrected chi connectivity index (χ0v) is 11.2. The first-order valence-corrected chi connectivity index (χ1v) is 7.65. The Balaban J connectivity index is 2.10. The summed E-state index contributed by atoms with van der Waals surface area (Å²) in [5.41, 5.74) is 1.49. The largest absolute Gasteiger partial charge is 0.286 e. The van der Waals surface area contributed by atoms with Crippen LogP contribution in [0.3, 0.4) is 0 Å². The molecule has 1 aliphatic heterocycles. The molecule has 2 aromatic heterocycles. The number of rotatable bonds is 0. The quantitative estimate of drug-likeness (QED) is 0.686. The van der Waals surface area contributed by atoms with E-state index in [-0.39, 0.29) is 5.56 Å². The fraction of sp³-hybridized carbons (Fsp3) is 0.500. The van der Waals surface area contributed by atoms with E-state index in [9.17, 15) is 4.79 Å². The number of thiophene rings is 1. The second kappa shape index (κ2) is 3.36. The number of hydrogen-bond donors (Lipinski definition) is 0. The van der Waals surface area contributed by atoms with Crippen LogP contribution in [0.25, 0.3) is 10.2 Å². The van der Waals surface area contributed by atoms with E-state index >= 15 is 0 Å². The van der Waals surface area contributed by atoms with Crippen LogP contribution in [0.5, 0.6) is 0 Å². The Labute approximate surface area is 107 Å². The summed E-state index contributed by atoms with van der Waals surface area (Å²) in [6.45, 7) is 2.96. The molecule has 0 bridgehead atoms. The number of thioether (sulfide) groups is 1. The molecule has 0 N–H and O–H groups in total. The van der Waals surface area contributed by atoms with E-state index in [1.54, 1.807) is 23.1 Å². The summed E-state index contributed by atoms with van der Waals surface area (Å²) in [6.07, 6.45) is 3.40. The van der Waals surface area contributed by atoms with Crippen molar-refractivity contribution in [1.82, 2.24) is 9.55 Å². The van der Waals surface area contributed by atoms with Gasteiger partial charge in [-0.1, -0.05) is 18.7 Å². The molecule has 0 amide bonds. The number of nitrogens with zero attached hydrogens (tertiary/aromatic N) is 2.